The Morgan fingerprint density at radius 2 is 1.78 bits per heavy atom. The third kappa shape index (κ3) is 2.67. The van der Waals surface area contributed by atoms with Crippen molar-refractivity contribution in [2.75, 3.05) is 16.5 Å². The van der Waals surface area contributed by atoms with Crippen molar-refractivity contribution in [1.29, 1.82) is 0 Å². The van der Waals surface area contributed by atoms with E-state index in [0.717, 1.165) is 5.56 Å². The van der Waals surface area contributed by atoms with E-state index in [-0.39, 0.29) is 0 Å². The first kappa shape index (κ1) is 12.1. The van der Waals surface area contributed by atoms with Gasteiger partial charge in [-0.05, 0) is 12.5 Å². The fourth-order valence-corrected chi connectivity index (χ4v) is 1.54. The maximum atomic E-state index is 5.85. The summed E-state index contributed by atoms with van der Waals surface area (Å²) >= 11 is 0. The minimum atomic E-state index is 0.409. The lowest BCUT2D eigenvalue weighted by Crippen LogP contribution is -2.13. The lowest BCUT2D eigenvalue weighted by Gasteiger charge is -2.10. The number of hydrazine groups is 1. The topological polar surface area (TPSA) is 102 Å². The van der Waals surface area contributed by atoms with Crippen LogP contribution in [0, 0.1) is 6.92 Å². The fourth-order valence-electron chi connectivity index (χ4n) is 1.54. The molecule has 6 nitrogen and oxygen atoms in total. The predicted molar refractivity (Wildman–Crippen MR) is 72.8 cm³/mol. The van der Waals surface area contributed by atoms with Crippen LogP contribution in [0.4, 0.5) is 17.3 Å². The van der Waals surface area contributed by atoms with E-state index in [1.165, 1.54) is 11.9 Å². The lowest BCUT2D eigenvalue weighted by molar-refractivity contribution is 1.08. The molecule has 0 unspecified atom stereocenters. The first-order valence-electron chi connectivity index (χ1n) is 5.57. The van der Waals surface area contributed by atoms with Crippen LogP contribution in [-0.2, 0) is 6.54 Å². The number of aromatic nitrogens is 2. The molecule has 0 radical (unpaired) electrons. The molecule has 6 heteroatoms. The Morgan fingerprint density at radius 1 is 1.11 bits per heavy atom. The highest BCUT2D eigenvalue weighted by Gasteiger charge is 2.06. The fraction of sp³-hybridized carbons (Fsp3) is 0.167. The molecule has 1 aromatic carbocycles. The van der Waals surface area contributed by atoms with Crippen molar-refractivity contribution in [2.45, 2.75) is 13.5 Å². The summed E-state index contributed by atoms with van der Waals surface area (Å²) in [6.07, 6.45) is 1.41. The molecular weight excluding hydrogens is 228 g/mol. The molecule has 1 heterocycles. The number of hydrogen-bond acceptors (Lipinski definition) is 6. The molecule has 0 spiro atoms. The molecule has 0 saturated heterocycles. The first-order chi connectivity index (χ1) is 8.70. The smallest absolute Gasteiger partial charge is 0.168 e. The normalized spacial score (nSPS) is 10.1. The van der Waals surface area contributed by atoms with Gasteiger partial charge in [-0.1, -0.05) is 29.8 Å². The van der Waals surface area contributed by atoms with Crippen molar-refractivity contribution in [2.24, 2.45) is 5.84 Å². The maximum absolute atomic E-state index is 5.85. The summed E-state index contributed by atoms with van der Waals surface area (Å²) in [4.78, 5) is 7.99. The highest BCUT2D eigenvalue weighted by molar-refractivity contribution is 5.73. The summed E-state index contributed by atoms with van der Waals surface area (Å²) in [5.41, 5.74) is 11.1. The Balaban J connectivity index is 2.08. The highest BCUT2D eigenvalue weighted by Crippen LogP contribution is 2.21. The van der Waals surface area contributed by atoms with Crippen LogP contribution >= 0.6 is 0 Å². The number of aryl methyl sites for hydroxylation is 1. The zero-order valence-electron chi connectivity index (χ0n) is 10.1. The van der Waals surface area contributed by atoms with E-state index in [9.17, 15) is 0 Å². The summed E-state index contributed by atoms with van der Waals surface area (Å²) < 4.78 is 0. The van der Waals surface area contributed by atoms with Crippen molar-refractivity contribution in [1.82, 2.24) is 9.97 Å². The Hall–Kier alpha value is -2.34. The average Bonchev–Trinajstić information content (AvgIpc) is 2.39. The third-order valence-corrected chi connectivity index (χ3v) is 2.60. The van der Waals surface area contributed by atoms with Crippen molar-refractivity contribution in [3.63, 3.8) is 0 Å². The molecule has 94 valence electrons. The number of anilines is 3. The van der Waals surface area contributed by atoms with E-state index in [0.29, 0.717) is 23.9 Å². The minimum Gasteiger partial charge on any atom is -0.393 e. The number of nitrogens with zero attached hydrogens (tertiary/aromatic N) is 2. The Bertz CT molecular complexity index is 523. The van der Waals surface area contributed by atoms with Crippen LogP contribution in [0.3, 0.4) is 0 Å². The van der Waals surface area contributed by atoms with Crippen molar-refractivity contribution in [3.05, 3.63) is 41.7 Å². The van der Waals surface area contributed by atoms with Crippen LogP contribution in [0.1, 0.15) is 11.1 Å². The zero-order chi connectivity index (χ0) is 13.0. The number of hydrogen-bond donors (Lipinski definition) is 4. The van der Waals surface area contributed by atoms with Gasteiger partial charge in [-0.25, -0.2) is 15.8 Å². The van der Waals surface area contributed by atoms with E-state index in [1.54, 1.807) is 0 Å². The van der Waals surface area contributed by atoms with Gasteiger partial charge in [-0.15, -0.1) is 0 Å². The van der Waals surface area contributed by atoms with E-state index < -0.39 is 0 Å². The summed E-state index contributed by atoms with van der Waals surface area (Å²) in [7, 11) is 0. The average molecular weight is 244 g/mol. The van der Waals surface area contributed by atoms with Crippen molar-refractivity contribution >= 4 is 17.3 Å². The van der Waals surface area contributed by atoms with Gasteiger partial charge in [0.25, 0.3) is 0 Å². The number of rotatable bonds is 4. The molecule has 2 rings (SSSR count). The van der Waals surface area contributed by atoms with Gasteiger partial charge in [0.2, 0.25) is 0 Å². The second kappa shape index (κ2) is 5.33. The van der Waals surface area contributed by atoms with E-state index in [1.807, 2.05) is 0 Å². The number of benzene rings is 1. The maximum Gasteiger partial charge on any atom is 0.168 e. The number of nitrogen functional groups attached to an aromatic ring is 2. The van der Waals surface area contributed by atoms with Gasteiger partial charge >= 0.3 is 0 Å². The number of nitrogens with one attached hydrogen (secondary N) is 2. The van der Waals surface area contributed by atoms with Gasteiger partial charge in [0.05, 0.1) is 0 Å². The molecule has 0 aliphatic rings. The highest BCUT2D eigenvalue weighted by atomic mass is 15.3. The van der Waals surface area contributed by atoms with Crippen LogP contribution in [-0.4, -0.2) is 9.97 Å². The summed E-state index contributed by atoms with van der Waals surface area (Å²) in [5.74, 6) is 6.28. The van der Waals surface area contributed by atoms with Crippen molar-refractivity contribution in [3.8, 4) is 0 Å². The molecule has 18 heavy (non-hydrogen) atoms. The van der Waals surface area contributed by atoms with Crippen LogP contribution in [0.15, 0.2) is 30.6 Å². The molecule has 1 aromatic heterocycles. The van der Waals surface area contributed by atoms with Gasteiger partial charge in [-0.2, -0.15) is 0 Å². The van der Waals surface area contributed by atoms with E-state index in [4.69, 9.17) is 11.6 Å². The minimum absolute atomic E-state index is 0.409. The first-order valence-corrected chi connectivity index (χ1v) is 5.57. The van der Waals surface area contributed by atoms with Crippen LogP contribution in [0.5, 0.6) is 0 Å². The van der Waals surface area contributed by atoms with Crippen LogP contribution in [0.2, 0.25) is 0 Å². The number of nitrogens with two attached hydrogens (primary N) is 2. The van der Waals surface area contributed by atoms with Crippen molar-refractivity contribution < 1.29 is 0 Å². The van der Waals surface area contributed by atoms with Gasteiger partial charge in [-0.3, -0.25) is 0 Å². The molecule has 0 atom stereocenters. The quantitative estimate of drug-likeness (QED) is 0.477. The van der Waals surface area contributed by atoms with Crippen LogP contribution < -0.4 is 22.3 Å². The molecule has 0 bridgehead atoms. The Labute approximate surface area is 105 Å². The van der Waals surface area contributed by atoms with E-state index >= 15 is 0 Å². The SMILES string of the molecule is Cc1ccc(CNc2ncnc(NN)c2N)cc1. The van der Waals surface area contributed by atoms with E-state index in [2.05, 4.69) is 51.9 Å². The Kier molecular flexibility index (Phi) is 3.59. The summed E-state index contributed by atoms with van der Waals surface area (Å²) in [6, 6.07) is 8.24. The molecule has 2 aromatic rings. The monoisotopic (exact) mass is 244 g/mol. The molecule has 6 N–H and O–H groups in total. The molecule has 0 amide bonds. The molecule has 0 saturated carbocycles. The third-order valence-electron chi connectivity index (χ3n) is 2.60. The zero-order valence-corrected chi connectivity index (χ0v) is 10.1. The van der Waals surface area contributed by atoms with Gasteiger partial charge in [0.15, 0.2) is 11.6 Å². The molecule has 0 aliphatic carbocycles. The molecule has 0 aliphatic heterocycles. The molecule has 0 fully saturated rings. The predicted octanol–water partition coefficient (Wildman–Crippen LogP) is 1.26. The van der Waals surface area contributed by atoms with Gasteiger partial charge < -0.3 is 16.5 Å². The lowest BCUT2D eigenvalue weighted by atomic mass is 10.1. The molecular formula is C12H16N6. The second-order valence-electron chi connectivity index (χ2n) is 3.97. The van der Waals surface area contributed by atoms with Gasteiger partial charge in [0, 0.05) is 6.54 Å². The van der Waals surface area contributed by atoms with Gasteiger partial charge in [0.1, 0.15) is 12.0 Å². The van der Waals surface area contributed by atoms with Crippen LogP contribution in [0.25, 0.3) is 0 Å². The largest absolute Gasteiger partial charge is 0.393 e. The summed E-state index contributed by atoms with van der Waals surface area (Å²) in [5, 5.41) is 3.15. The summed E-state index contributed by atoms with van der Waals surface area (Å²) in [6.45, 7) is 2.70. The Morgan fingerprint density at radius 3 is 2.44 bits per heavy atom. The standard InChI is InChI=1S/C12H16N6/c1-8-2-4-9(5-3-8)6-15-11-10(13)12(18-14)17-7-16-11/h2-5,7H,6,13-14H2,1H3,(H2,15,16,17,18). The second-order valence-corrected chi connectivity index (χ2v) is 3.97.